The Kier molecular flexibility index (Phi) is 4.95. The van der Waals surface area contributed by atoms with E-state index in [0.717, 1.165) is 22.9 Å². The van der Waals surface area contributed by atoms with Gasteiger partial charge in [0.05, 0.1) is 11.7 Å². The van der Waals surface area contributed by atoms with E-state index >= 15 is 0 Å². The molecule has 1 aromatic carbocycles. The first-order chi connectivity index (χ1) is 15.1. The number of benzene rings is 1. The molecule has 0 spiro atoms. The highest BCUT2D eigenvalue weighted by Gasteiger charge is 2.42. The summed E-state index contributed by atoms with van der Waals surface area (Å²) in [6.07, 6.45) is 5.54. The maximum absolute atomic E-state index is 14.0. The quantitative estimate of drug-likeness (QED) is 0.468. The van der Waals surface area contributed by atoms with Crippen LogP contribution in [0, 0.1) is 12.7 Å². The molecule has 0 saturated carbocycles. The van der Waals surface area contributed by atoms with Gasteiger partial charge in [-0.2, -0.15) is 0 Å². The van der Waals surface area contributed by atoms with Crippen LogP contribution >= 0.6 is 12.2 Å². The van der Waals surface area contributed by atoms with Crippen LogP contribution in [0.25, 0.3) is 5.82 Å². The molecule has 1 N–H and O–H groups in total. The fourth-order valence-corrected chi connectivity index (χ4v) is 4.40. The van der Waals surface area contributed by atoms with Gasteiger partial charge in [-0.3, -0.25) is 4.98 Å². The Labute approximate surface area is 185 Å². The summed E-state index contributed by atoms with van der Waals surface area (Å²) in [5.41, 5.74) is 3.28. The normalized spacial score (nSPS) is 18.3. The molecule has 0 amide bonds. The van der Waals surface area contributed by atoms with Crippen LogP contribution in [0.4, 0.5) is 10.1 Å². The van der Waals surface area contributed by atoms with Crippen LogP contribution < -0.4 is 10.2 Å². The Balaban J connectivity index is 1.68. The Morgan fingerprint density at radius 2 is 1.77 bits per heavy atom. The molecule has 0 bridgehead atoms. The van der Waals surface area contributed by atoms with Gasteiger partial charge in [0.15, 0.2) is 5.11 Å². The predicted molar refractivity (Wildman–Crippen MR) is 123 cm³/mol. The molecule has 154 valence electrons. The van der Waals surface area contributed by atoms with E-state index in [2.05, 4.69) is 25.9 Å². The molecule has 1 aliphatic rings. The van der Waals surface area contributed by atoms with Gasteiger partial charge in [-0.1, -0.05) is 12.1 Å². The molecule has 4 aromatic rings. The average molecular weight is 430 g/mol. The SMILES string of the molecule is Cc1cc(N2C(=S)N[C@@H](c3ccccn3)[C@H]2c2cccn2-c2ccccn2)ccc1F. The standard InChI is InChI=1S/C24H20FN5S/c1-16-15-17(10-11-18(16)25)30-23(22(28-24(30)31)19-7-2-4-12-26-19)20-8-6-14-29(20)21-9-3-5-13-27-21/h2-15,22-23H,1H3,(H,28,31)/t22-,23+/m0/s1. The second-order valence-corrected chi connectivity index (χ2v) is 7.81. The van der Waals surface area contributed by atoms with Crippen molar-refractivity contribution in [2.75, 3.05) is 4.90 Å². The van der Waals surface area contributed by atoms with Gasteiger partial charge < -0.3 is 14.8 Å². The van der Waals surface area contributed by atoms with Gasteiger partial charge in [0.1, 0.15) is 17.7 Å². The monoisotopic (exact) mass is 429 g/mol. The van der Waals surface area contributed by atoms with Crippen molar-refractivity contribution in [3.8, 4) is 5.82 Å². The fraction of sp³-hybridized carbons (Fsp3) is 0.125. The van der Waals surface area contributed by atoms with Crippen molar-refractivity contribution < 1.29 is 4.39 Å². The summed E-state index contributed by atoms with van der Waals surface area (Å²) in [6.45, 7) is 1.76. The number of aryl methyl sites for hydroxylation is 1. The van der Waals surface area contributed by atoms with Crippen LogP contribution in [0.3, 0.4) is 0 Å². The molecular formula is C24H20FN5S. The van der Waals surface area contributed by atoms with Crippen molar-refractivity contribution in [2.45, 2.75) is 19.0 Å². The van der Waals surface area contributed by atoms with Gasteiger partial charge in [-0.15, -0.1) is 0 Å². The van der Waals surface area contributed by atoms with E-state index < -0.39 is 0 Å². The van der Waals surface area contributed by atoms with Crippen LogP contribution in [0.5, 0.6) is 0 Å². The van der Waals surface area contributed by atoms with Crippen LogP contribution in [0.1, 0.15) is 29.0 Å². The van der Waals surface area contributed by atoms with Crippen LogP contribution in [-0.4, -0.2) is 19.6 Å². The summed E-state index contributed by atoms with van der Waals surface area (Å²) in [4.78, 5) is 11.1. The van der Waals surface area contributed by atoms with Gasteiger partial charge in [-0.05, 0) is 79.3 Å². The van der Waals surface area contributed by atoms with Gasteiger partial charge in [0.2, 0.25) is 0 Å². The van der Waals surface area contributed by atoms with Crippen molar-refractivity contribution in [1.82, 2.24) is 19.9 Å². The molecule has 3 aromatic heterocycles. The number of halogens is 1. The van der Waals surface area contributed by atoms with E-state index in [9.17, 15) is 4.39 Å². The maximum Gasteiger partial charge on any atom is 0.174 e. The topological polar surface area (TPSA) is 46.0 Å². The third-order valence-corrected chi connectivity index (χ3v) is 5.81. The Morgan fingerprint density at radius 3 is 2.48 bits per heavy atom. The van der Waals surface area contributed by atoms with E-state index in [0.29, 0.717) is 10.7 Å². The summed E-state index contributed by atoms with van der Waals surface area (Å²) in [6, 6.07) is 20.4. The van der Waals surface area contributed by atoms with Gasteiger partial charge in [0.25, 0.3) is 0 Å². The van der Waals surface area contributed by atoms with Crippen LogP contribution in [0.2, 0.25) is 0 Å². The summed E-state index contributed by atoms with van der Waals surface area (Å²) < 4.78 is 16.0. The molecule has 5 nitrogen and oxygen atoms in total. The lowest BCUT2D eigenvalue weighted by molar-refractivity contribution is 0.548. The highest BCUT2D eigenvalue weighted by Crippen LogP contribution is 2.42. The van der Waals surface area contributed by atoms with E-state index in [1.165, 1.54) is 6.07 Å². The molecule has 0 unspecified atom stereocenters. The van der Waals surface area contributed by atoms with Crippen molar-refractivity contribution in [3.63, 3.8) is 0 Å². The molecule has 1 aliphatic heterocycles. The number of aromatic nitrogens is 3. The van der Waals surface area contributed by atoms with Crippen molar-refractivity contribution in [1.29, 1.82) is 0 Å². The number of hydrogen-bond donors (Lipinski definition) is 1. The number of pyridine rings is 2. The van der Waals surface area contributed by atoms with Crippen molar-refractivity contribution in [3.05, 3.63) is 108 Å². The third-order valence-electron chi connectivity index (χ3n) is 5.50. The van der Waals surface area contributed by atoms with Crippen LogP contribution in [0.15, 0.2) is 85.3 Å². The molecule has 0 radical (unpaired) electrons. The van der Waals surface area contributed by atoms with E-state index in [4.69, 9.17) is 12.2 Å². The van der Waals surface area contributed by atoms with Gasteiger partial charge in [-0.25, -0.2) is 9.37 Å². The number of hydrogen-bond acceptors (Lipinski definition) is 3. The Hall–Kier alpha value is -3.58. The minimum atomic E-state index is -0.239. The number of nitrogens with one attached hydrogen (secondary N) is 1. The van der Waals surface area contributed by atoms with Gasteiger partial charge in [0, 0.05) is 30.0 Å². The Morgan fingerprint density at radius 1 is 0.968 bits per heavy atom. The van der Waals surface area contributed by atoms with Crippen LogP contribution in [-0.2, 0) is 0 Å². The molecule has 1 fully saturated rings. The lowest BCUT2D eigenvalue weighted by Crippen LogP contribution is -2.30. The summed E-state index contributed by atoms with van der Waals surface area (Å²) in [7, 11) is 0. The average Bonchev–Trinajstić information content (AvgIpc) is 3.41. The zero-order valence-electron chi connectivity index (χ0n) is 16.8. The first-order valence-corrected chi connectivity index (χ1v) is 10.4. The van der Waals surface area contributed by atoms with Crippen molar-refractivity contribution >= 4 is 23.0 Å². The highest BCUT2D eigenvalue weighted by molar-refractivity contribution is 7.80. The van der Waals surface area contributed by atoms with Gasteiger partial charge >= 0.3 is 0 Å². The lowest BCUT2D eigenvalue weighted by Gasteiger charge is -2.29. The lowest BCUT2D eigenvalue weighted by atomic mass is 10.0. The molecular weight excluding hydrogens is 409 g/mol. The number of anilines is 1. The third kappa shape index (κ3) is 3.47. The van der Waals surface area contributed by atoms with E-state index in [1.807, 2.05) is 59.6 Å². The summed E-state index contributed by atoms with van der Waals surface area (Å²) in [5, 5.41) is 4.01. The van der Waals surface area contributed by atoms with E-state index in [1.54, 1.807) is 25.4 Å². The molecule has 4 heterocycles. The fourth-order valence-electron chi connectivity index (χ4n) is 4.05. The summed E-state index contributed by atoms with van der Waals surface area (Å²) >= 11 is 5.76. The second-order valence-electron chi connectivity index (χ2n) is 7.42. The number of rotatable bonds is 4. The molecule has 5 rings (SSSR count). The zero-order valence-corrected chi connectivity index (χ0v) is 17.6. The minimum Gasteiger partial charge on any atom is -0.351 e. The smallest absolute Gasteiger partial charge is 0.174 e. The molecule has 0 aliphatic carbocycles. The highest BCUT2D eigenvalue weighted by atomic mass is 32.1. The predicted octanol–water partition coefficient (Wildman–Crippen LogP) is 4.89. The summed E-state index contributed by atoms with van der Waals surface area (Å²) in [5.74, 6) is 0.576. The molecule has 2 atom stereocenters. The maximum atomic E-state index is 14.0. The first-order valence-electron chi connectivity index (χ1n) is 9.99. The molecule has 1 saturated heterocycles. The van der Waals surface area contributed by atoms with Crippen molar-refractivity contribution in [2.24, 2.45) is 0 Å². The van der Waals surface area contributed by atoms with E-state index in [-0.39, 0.29) is 17.9 Å². The largest absolute Gasteiger partial charge is 0.351 e. The molecule has 31 heavy (non-hydrogen) atoms. The first kappa shape index (κ1) is 19.4. The minimum absolute atomic E-state index is 0.184. The zero-order chi connectivity index (χ0) is 21.4. The Bertz CT molecular complexity index is 1230. The number of nitrogens with zero attached hydrogens (tertiary/aromatic N) is 4. The number of thiocarbonyl (C=S) groups is 1. The molecule has 7 heteroatoms. The second kappa shape index (κ2) is 7.92.